The van der Waals surface area contributed by atoms with Crippen LogP contribution in [0, 0.1) is 12.3 Å². The van der Waals surface area contributed by atoms with Gasteiger partial charge in [0.2, 0.25) is 10.0 Å². The molecule has 0 unspecified atom stereocenters. The van der Waals surface area contributed by atoms with E-state index in [1.165, 1.54) is 6.07 Å². The van der Waals surface area contributed by atoms with E-state index in [4.69, 9.17) is 10.2 Å². The molecule has 0 amide bonds. The van der Waals surface area contributed by atoms with Gasteiger partial charge in [0.05, 0.1) is 4.90 Å². The Morgan fingerprint density at radius 1 is 1.43 bits per heavy atom. The molecule has 0 aliphatic carbocycles. The number of aromatic carboxylic acids is 1. The van der Waals surface area contributed by atoms with Crippen molar-refractivity contribution >= 4 is 27.3 Å². The van der Waals surface area contributed by atoms with E-state index in [1.807, 2.05) is 13.8 Å². The first-order valence-corrected chi connectivity index (χ1v) is 8.83. The van der Waals surface area contributed by atoms with Gasteiger partial charge in [-0.05, 0) is 31.2 Å². The molecule has 0 bridgehead atoms. The predicted octanol–water partition coefficient (Wildman–Crippen LogP) is 1.83. The quantitative estimate of drug-likeness (QED) is 0.672. The molecule has 120 valence electrons. The summed E-state index contributed by atoms with van der Waals surface area (Å²) in [6, 6.07) is 1.19. The molecule has 0 aliphatic rings. The Morgan fingerprint density at radius 3 is 2.52 bits per heavy atom. The molecule has 1 aromatic heterocycles. The van der Waals surface area contributed by atoms with Crippen LogP contribution in [-0.4, -0.2) is 37.8 Å². The molecule has 1 aromatic rings. The van der Waals surface area contributed by atoms with Gasteiger partial charge in [-0.15, -0.1) is 11.3 Å². The molecular weight excluding hydrogens is 314 g/mol. The fraction of sp³-hybridized carbons (Fsp3) is 0.615. The maximum Gasteiger partial charge on any atom is 0.345 e. The zero-order valence-electron chi connectivity index (χ0n) is 12.3. The summed E-state index contributed by atoms with van der Waals surface area (Å²) in [6.45, 7) is 5.71. The third-order valence-electron chi connectivity index (χ3n) is 3.12. The molecular formula is C13H21NO5S2. The van der Waals surface area contributed by atoms with Crippen LogP contribution in [0.4, 0.5) is 0 Å². The van der Waals surface area contributed by atoms with Gasteiger partial charge in [0, 0.05) is 18.0 Å². The number of carbonyl (C=O) groups is 1. The zero-order valence-corrected chi connectivity index (χ0v) is 14.0. The molecule has 0 saturated carbocycles. The topological polar surface area (TPSA) is 104 Å². The number of rotatable bonds is 8. The fourth-order valence-corrected chi connectivity index (χ4v) is 4.52. The van der Waals surface area contributed by atoms with E-state index in [2.05, 4.69) is 4.72 Å². The molecule has 0 atom stereocenters. The zero-order chi connectivity index (χ0) is 16.3. The predicted molar refractivity (Wildman–Crippen MR) is 81.3 cm³/mol. The van der Waals surface area contributed by atoms with Crippen LogP contribution in [0.25, 0.3) is 0 Å². The van der Waals surface area contributed by atoms with Gasteiger partial charge in [0.1, 0.15) is 4.88 Å². The van der Waals surface area contributed by atoms with E-state index in [-0.39, 0.29) is 28.3 Å². The highest BCUT2D eigenvalue weighted by Crippen LogP contribution is 2.27. The van der Waals surface area contributed by atoms with Crippen molar-refractivity contribution in [1.82, 2.24) is 4.72 Å². The van der Waals surface area contributed by atoms with Crippen LogP contribution in [0.3, 0.4) is 0 Å². The van der Waals surface area contributed by atoms with E-state index < -0.39 is 16.0 Å². The molecule has 8 heteroatoms. The summed E-state index contributed by atoms with van der Waals surface area (Å²) in [5, 5.41) is 17.8. The van der Waals surface area contributed by atoms with E-state index in [0.717, 1.165) is 11.3 Å². The maximum atomic E-state index is 12.3. The summed E-state index contributed by atoms with van der Waals surface area (Å²) in [5.41, 5.74) is -0.282. The molecule has 0 aliphatic heterocycles. The molecule has 0 spiro atoms. The molecule has 0 aromatic carbocycles. The van der Waals surface area contributed by atoms with E-state index in [9.17, 15) is 13.2 Å². The number of hydrogen-bond acceptors (Lipinski definition) is 5. The van der Waals surface area contributed by atoms with Gasteiger partial charge in [-0.25, -0.2) is 17.9 Å². The lowest BCUT2D eigenvalue weighted by molar-refractivity contribution is 0.0702. The third-order valence-corrected chi connectivity index (χ3v) is 5.82. The molecule has 1 heterocycles. The van der Waals surface area contributed by atoms with Crippen LogP contribution >= 0.6 is 11.3 Å². The van der Waals surface area contributed by atoms with Gasteiger partial charge in [-0.3, -0.25) is 0 Å². The van der Waals surface area contributed by atoms with Crippen molar-refractivity contribution in [3.8, 4) is 0 Å². The van der Waals surface area contributed by atoms with Crippen LogP contribution in [0.15, 0.2) is 11.0 Å². The van der Waals surface area contributed by atoms with E-state index in [0.29, 0.717) is 17.7 Å². The van der Waals surface area contributed by atoms with Gasteiger partial charge in [0.25, 0.3) is 0 Å². The second-order valence-corrected chi connectivity index (χ2v) is 8.64. The van der Waals surface area contributed by atoms with Crippen molar-refractivity contribution in [1.29, 1.82) is 0 Å². The Bertz CT molecular complexity index is 604. The van der Waals surface area contributed by atoms with Crippen LogP contribution < -0.4 is 4.72 Å². The van der Waals surface area contributed by atoms with Gasteiger partial charge in [-0.2, -0.15) is 0 Å². The number of aryl methyl sites for hydroxylation is 1. The van der Waals surface area contributed by atoms with Gasteiger partial charge < -0.3 is 10.2 Å². The smallest absolute Gasteiger partial charge is 0.345 e. The fourth-order valence-electron chi connectivity index (χ4n) is 1.85. The number of carboxylic acids is 1. The van der Waals surface area contributed by atoms with Crippen LogP contribution in [-0.2, 0) is 10.0 Å². The number of nitrogens with one attached hydrogen (secondary N) is 1. The van der Waals surface area contributed by atoms with Gasteiger partial charge in [-0.1, -0.05) is 13.8 Å². The Balaban J connectivity index is 2.85. The van der Waals surface area contributed by atoms with Gasteiger partial charge in [0.15, 0.2) is 0 Å². The highest BCUT2D eigenvalue weighted by atomic mass is 32.2. The standard InChI is InChI=1S/C13H21NO5S2/c1-9-11(7-10(20-9)12(16)17)21(18,19)14-8-13(2,3)5-4-6-15/h7,14-15H,4-6,8H2,1-3H3,(H,16,17). The van der Waals surface area contributed by atoms with Crippen molar-refractivity contribution in [3.63, 3.8) is 0 Å². The molecule has 0 fully saturated rings. The summed E-state index contributed by atoms with van der Waals surface area (Å²) >= 11 is 0.945. The maximum absolute atomic E-state index is 12.3. The van der Waals surface area contributed by atoms with Crippen molar-refractivity contribution < 1.29 is 23.4 Å². The molecule has 1 rings (SSSR count). The Labute approximate surface area is 128 Å². The largest absolute Gasteiger partial charge is 0.477 e. The minimum absolute atomic E-state index is 0.00687. The first-order valence-electron chi connectivity index (χ1n) is 6.53. The molecule has 0 saturated heterocycles. The number of aliphatic hydroxyl groups is 1. The summed E-state index contributed by atoms with van der Waals surface area (Å²) < 4.78 is 27.0. The average molecular weight is 335 g/mol. The van der Waals surface area contributed by atoms with Crippen LogP contribution in [0.5, 0.6) is 0 Å². The van der Waals surface area contributed by atoms with E-state index in [1.54, 1.807) is 6.92 Å². The normalized spacial score (nSPS) is 12.6. The summed E-state index contributed by atoms with van der Waals surface area (Å²) in [6.07, 6.45) is 1.30. The highest BCUT2D eigenvalue weighted by Gasteiger charge is 2.25. The SMILES string of the molecule is Cc1sc(C(=O)O)cc1S(=O)(=O)NCC(C)(C)CCCO. The van der Waals surface area contributed by atoms with Crippen LogP contribution in [0.2, 0.25) is 0 Å². The first-order chi connectivity index (χ1) is 9.59. The van der Waals surface area contributed by atoms with E-state index >= 15 is 0 Å². The Morgan fingerprint density at radius 2 is 2.05 bits per heavy atom. The minimum Gasteiger partial charge on any atom is -0.477 e. The first kappa shape index (κ1) is 18.1. The highest BCUT2D eigenvalue weighted by molar-refractivity contribution is 7.89. The second kappa shape index (κ2) is 6.87. The summed E-state index contributed by atoms with van der Waals surface area (Å²) in [7, 11) is -3.73. The lowest BCUT2D eigenvalue weighted by atomic mass is 9.88. The molecule has 3 N–H and O–H groups in total. The summed E-state index contributed by atoms with van der Waals surface area (Å²) in [4.78, 5) is 11.4. The van der Waals surface area contributed by atoms with Crippen molar-refractivity contribution in [2.24, 2.45) is 5.41 Å². The number of thiophene rings is 1. The van der Waals surface area contributed by atoms with Crippen molar-refractivity contribution in [3.05, 3.63) is 15.8 Å². The number of aliphatic hydroxyl groups excluding tert-OH is 1. The Hall–Kier alpha value is -0.960. The molecule has 6 nitrogen and oxygen atoms in total. The molecule has 0 radical (unpaired) electrons. The van der Waals surface area contributed by atoms with Crippen molar-refractivity contribution in [2.45, 2.75) is 38.5 Å². The third kappa shape index (κ3) is 5.06. The number of carboxylic acid groups (broad SMARTS) is 1. The second-order valence-electron chi connectivity index (χ2n) is 5.65. The monoisotopic (exact) mass is 335 g/mol. The minimum atomic E-state index is -3.73. The Kier molecular flexibility index (Phi) is 5.92. The number of sulfonamides is 1. The number of hydrogen-bond donors (Lipinski definition) is 3. The molecule has 21 heavy (non-hydrogen) atoms. The lowest BCUT2D eigenvalue weighted by Crippen LogP contribution is -2.34. The van der Waals surface area contributed by atoms with Crippen molar-refractivity contribution in [2.75, 3.05) is 13.2 Å². The summed E-state index contributed by atoms with van der Waals surface area (Å²) in [5.74, 6) is -1.13. The van der Waals surface area contributed by atoms with Gasteiger partial charge >= 0.3 is 5.97 Å². The average Bonchev–Trinajstić information content (AvgIpc) is 2.78. The lowest BCUT2D eigenvalue weighted by Gasteiger charge is -2.24. The van der Waals surface area contributed by atoms with Crippen LogP contribution in [0.1, 0.15) is 41.2 Å².